The predicted molar refractivity (Wildman–Crippen MR) is 82.2 cm³/mol. The highest BCUT2D eigenvalue weighted by atomic mass is 15.2. The van der Waals surface area contributed by atoms with Crippen molar-refractivity contribution in [2.75, 3.05) is 46.8 Å². The quantitative estimate of drug-likeness (QED) is 0.573. The van der Waals surface area contributed by atoms with Gasteiger partial charge in [0.25, 0.3) is 0 Å². The van der Waals surface area contributed by atoms with Crippen molar-refractivity contribution in [3.8, 4) is 0 Å². The van der Waals surface area contributed by atoms with E-state index in [1.54, 1.807) is 0 Å². The van der Waals surface area contributed by atoms with Crippen molar-refractivity contribution in [3.63, 3.8) is 0 Å². The lowest BCUT2D eigenvalue weighted by Crippen LogP contribution is -2.44. The summed E-state index contributed by atoms with van der Waals surface area (Å²) >= 11 is 0. The molecule has 110 valence electrons. The maximum Gasteiger partial charge on any atom is 0.0112 e. The van der Waals surface area contributed by atoms with Gasteiger partial charge in [-0.2, -0.15) is 0 Å². The Balaban J connectivity index is 4.12. The van der Waals surface area contributed by atoms with E-state index in [1.807, 2.05) is 0 Å². The van der Waals surface area contributed by atoms with E-state index < -0.39 is 0 Å². The van der Waals surface area contributed by atoms with Gasteiger partial charge in [-0.1, -0.05) is 20.8 Å². The minimum absolute atomic E-state index is 0.661. The zero-order valence-corrected chi connectivity index (χ0v) is 13.5. The van der Waals surface area contributed by atoms with Crippen molar-refractivity contribution < 1.29 is 0 Å². The second kappa shape index (κ2) is 10.8. The average Bonchev–Trinajstić information content (AvgIpc) is 2.33. The van der Waals surface area contributed by atoms with E-state index in [9.17, 15) is 0 Å². The summed E-state index contributed by atoms with van der Waals surface area (Å²) < 4.78 is 0. The summed E-state index contributed by atoms with van der Waals surface area (Å²) in [4.78, 5) is 4.91. The highest BCUT2D eigenvalue weighted by Crippen LogP contribution is 2.11. The number of nitrogens with one attached hydrogen (secondary N) is 1. The van der Waals surface area contributed by atoms with E-state index >= 15 is 0 Å². The first kappa shape index (κ1) is 17.9. The first-order valence-electron chi connectivity index (χ1n) is 7.62. The van der Waals surface area contributed by atoms with Gasteiger partial charge in [-0.25, -0.2) is 0 Å². The van der Waals surface area contributed by atoms with Gasteiger partial charge in [0.15, 0.2) is 0 Å². The smallest absolute Gasteiger partial charge is 0.0112 e. The molecule has 3 heteroatoms. The summed E-state index contributed by atoms with van der Waals surface area (Å²) in [6, 6.07) is 0.661. The van der Waals surface area contributed by atoms with Gasteiger partial charge < -0.3 is 10.2 Å². The van der Waals surface area contributed by atoms with Gasteiger partial charge in [0.2, 0.25) is 0 Å². The Labute approximate surface area is 115 Å². The van der Waals surface area contributed by atoms with E-state index in [1.165, 1.54) is 25.9 Å². The number of hydrogen-bond donors (Lipinski definition) is 1. The number of rotatable bonds is 11. The van der Waals surface area contributed by atoms with Gasteiger partial charge >= 0.3 is 0 Å². The Morgan fingerprint density at radius 3 is 2.11 bits per heavy atom. The lowest BCUT2D eigenvalue weighted by atomic mass is 10.0. The minimum atomic E-state index is 0.661. The lowest BCUT2D eigenvalue weighted by molar-refractivity contribution is 0.147. The molecule has 0 heterocycles. The number of hydrogen-bond acceptors (Lipinski definition) is 3. The maximum absolute atomic E-state index is 3.54. The fourth-order valence-corrected chi connectivity index (χ4v) is 2.17. The Hall–Kier alpha value is -0.120. The zero-order chi connectivity index (χ0) is 14.0. The Bertz CT molecular complexity index is 183. The molecule has 0 aromatic carbocycles. The van der Waals surface area contributed by atoms with Crippen molar-refractivity contribution in [1.82, 2.24) is 15.1 Å². The van der Waals surface area contributed by atoms with E-state index in [-0.39, 0.29) is 0 Å². The molecule has 0 bridgehead atoms. The Morgan fingerprint density at radius 1 is 0.944 bits per heavy atom. The second-order valence-corrected chi connectivity index (χ2v) is 5.76. The van der Waals surface area contributed by atoms with E-state index in [2.05, 4.69) is 56.9 Å². The first-order chi connectivity index (χ1) is 8.52. The molecular formula is C15H35N3. The van der Waals surface area contributed by atoms with Crippen molar-refractivity contribution in [3.05, 3.63) is 0 Å². The molecule has 1 N–H and O–H groups in total. The molecule has 2 atom stereocenters. The maximum atomic E-state index is 3.54. The van der Waals surface area contributed by atoms with Crippen LogP contribution in [0.25, 0.3) is 0 Å². The topological polar surface area (TPSA) is 18.5 Å². The van der Waals surface area contributed by atoms with Crippen LogP contribution in [0.15, 0.2) is 0 Å². The summed E-state index contributed by atoms with van der Waals surface area (Å²) in [5, 5.41) is 3.54. The van der Waals surface area contributed by atoms with Crippen LogP contribution in [-0.4, -0.2) is 62.7 Å². The Morgan fingerprint density at radius 2 is 1.61 bits per heavy atom. The summed E-state index contributed by atoms with van der Waals surface area (Å²) in [6.07, 6.45) is 2.47. The van der Waals surface area contributed by atoms with E-state index in [4.69, 9.17) is 0 Å². The highest BCUT2D eigenvalue weighted by Gasteiger charge is 2.19. The van der Waals surface area contributed by atoms with Crippen LogP contribution in [0.4, 0.5) is 0 Å². The molecule has 0 aromatic heterocycles. The Kier molecular flexibility index (Phi) is 10.7. The molecule has 0 aromatic rings. The van der Waals surface area contributed by atoms with Crippen LogP contribution in [0.1, 0.15) is 40.5 Å². The fourth-order valence-electron chi connectivity index (χ4n) is 2.17. The summed E-state index contributed by atoms with van der Waals surface area (Å²) in [5.41, 5.74) is 0. The van der Waals surface area contributed by atoms with Gasteiger partial charge in [-0.3, -0.25) is 4.90 Å². The minimum Gasteiger partial charge on any atom is -0.316 e. The van der Waals surface area contributed by atoms with Crippen LogP contribution in [0.5, 0.6) is 0 Å². The molecule has 0 aliphatic rings. The van der Waals surface area contributed by atoms with Crippen LogP contribution in [0.3, 0.4) is 0 Å². The summed E-state index contributed by atoms with van der Waals surface area (Å²) in [6.45, 7) is 15.1. The predicted octanol–water partition coefficient (Wildman–Crippen LogP) is 2.28. The van der Waals surface area contributed by atoms with Crippen molar-refractivity contribution >= 4 is 0 Å². The van der Waals surface area contributed by atoms with Gasteiger partial charge in [0, 0.05) is 19.1 Å². The molecule has 0 fully saturated rings. The van der Waals surface area contributed by atoms with E-state index in [0.717, 1.165) is 19.6 Å². The van der Waals surface area contributed by atoms with Crippen molar-refractivity contribution in [1.29, 1.82) is 0 Å². The van der Waals surface area contributed by atoms with Gasteiger partial charge in [-0.05, 0) is 59.4 Å². The molecule has 0 saturated carbocycles. The van der Waals surface area contributed by atoms with Gasteiger partial charge in [0.1, 0.15) is 0 Å². The molecule has 0 rings (SSSR count). The van der Waals surface area contributed by atoms with Crippen molar-refractivity contribution in [2.45, 2.75) is 46.6 Å². The van der Waals surface area contributed by atoms with Crippen LogP contribution >= 0.6 is 0 Å². The number of likely N-dealkylation sites (N-methyl/N-ethyl adjacent to an activating group) is 1. The first-order valence-corrected chi connectivity index (χ1v) is 7.62. The third kappa shape index (κ3) is 8.06. The monoisotopic (exact) mass is 257 g/mol. The standard InChI is InChI=1S/C15H35N3/c1-7-9-16-13-14(3)15(4)18(10-8-2)12-11-17(5)6/h14-16H,7-13H2,1-6H3. The van der Waals surface area contributed by atoms with Crippen LogP contribution in [0, 0.1) is 5.92 Å². The molecule has 3 nitrogen and oxygen atoms in total. The summed E-state index contributed by atoms with van der Waals surface area (Å²) in [5.74, 6) is 0.713. The third-order valence-electron chi connectivity index (χ3n) is 3.64. The van der Waals surface area contributed by atoms with Gasteiger partial charge in [-0.15, -0.1) is 0 Å². The third-order valence-corrected chi connectivity index (χ3v) is 3.64. The second-order valence-electron chi connectivity index (χ2n) is 5.76. The average molecular weight is 257 g/mol. The molecule has 0 aliphatic carbocycles. The molecule has 18 heavy (non-hydrogen) atoms. The highest BCUT2D eigenvalue weighted by molar-refractivity contribution is 4.75. The molecular weight excluding hydrogens is 222 g/mol. The molecule has 0 aliphatic heterocycles. The zero-order valence-electron chi connectivity index (χ0n) is 13.5. The van der Waals surface area contributed by atoms with Crippen LogP contribution in [0.2, 0.25) is 0 Å². The largest absolute Gasteiger partial charge is 0.316 e. The molecule has 0 amide bonds. The van der Waals surface area contributed by atoms with Gasteiger partial charge in [0.05, 0.1) is 0 Å². The lowest BCUT2D eigenvalue weighted by Gasteiger charge is -2.34. The molecule has 0 radical (unpaired) electrons. The molecule has 0 saturated heterocycles. The molecule has 2 unspecified atom stereocenters. The SMILES string of the molecule is CCCNCC(C)C(C)N(CCC)CCN(C)C. The van der Waals surface area contributed by atoms with E-state index in [0.29, 0.717) is 12.0 Å². The fraction of sp³-hybridized carbons (Fsp3) is 1.00. The normalized spacial score (nSPS) is 15.3. The van der Waals surface area contributed by atoms with Crippen molar-refractivity contribution in [2.24, 2.45) is 5.92 Å². The van der Waals surface area contributed by atoms with Crippen LogP contribution in [-0.2, 0) is 0 Å². The number of nitrogens with zero attached hydrogens (tertiary/aromatic N) is 2. The van der Waals surface area contributed by atoms with Crippen LogP contribution < -0.4 is 5.32 Å². The summed E-state index contributed by atoms with van der Waals surface area (Å²) in [7, 11) is 4.31. The molecule has 0 spiro atoms.